The summed E-state index contributed by atoms with van der Waals surface area (Å²) >= 11 is 0. The molecule has 2 saturated heterocycles. The van der Waals surface area contributed by atoms with Gasteiger partial charge in [-0.3, -0.25) is 4.79 Å². The summed E-state index contributed by atoms with van der Waals surface area (Å²) < 4.78 is 15.6. The van der Waals surface area contributed by atoms with Crippen molar-refractivity contribution < 1.29 is 33.7 Å². The van der Waals surface area contributed by atoms with Crippen molar-refractivity contribution in [3.05, 3.63) is 0 Å². The molecule has 23 heavy (non-hydrogen) atoms. The maximum Gasteiger partial charge on any atom is 0.407 e. The van der Waals surface area contributed by atoms with Gasteiger partial charge in [-0.1, -0.05) is 13.8 Å². The number of methoxy groups -OCH3 is 1. The van der Waals surface area contributed by atoms with Gasteiger partial charge in [0.05, 0.1) is 26.9 Å². The van der Waals surface area contributed by atoms with Crippen LogP contribution in [0.4, 0.5) is 4.79 Å². The minimum absolute atomic E-state index is 0.0227. The Kier molecular flexibility index (Phi) is 5.10. The predicted molar refractivity (Wildman–Crippen MR) is 76.6 cm³/mol. The number of nitrogens with one attached hydrogen (secondary N) is 1. The third-order valence-electron chi connectivity index (χ3n) is 4.06. The first-order valence-electron chi connectivity index (χ1n) is 7.45. The summed E-state index contributed by atoms with van der Waals surface area (Å²) in [6.07, 6.45) is -0.678. The number of aliphatic carboxylic acids is 1. The summed E-state index contributed by atoms with van der Waals surface area (Å²) in [6.45, 7) is 4.25. The molecule has 9 heteroatoms. The highest BCUT2D eigenvalue weighted by atomic mass is 16.7. The second kappa shape index (κ2) is 6.71. The molecule has 0 aromatic carbocycles. The maximum atomic E-state index is 12.8. The molecular weight excluding hydrogens is 308 g/mol. The molecule has 2 aliphatic rings. The summed E-state index contributed by atoms with van der Waals surface area (Å²) in [5.74, 6) is -2.92. The van der Waals surface area contributed by atoms with Crippen molar-refractivity contribution >= 4 is 18.0 Å². The van der Waals surface area contributed by atoms with E-state index >= 15 is 0 Å². The van der Waals surface area contributed by atoms with Crippen LogP contribution in [0.5, 0.6) is 0 Å². The number of carbonyl (C=O) groups excluding carboxylic acids is 2. The van der Waals surface area contributed by atoms with E-state index in [9.17, 15) is 19.5 Å². The Balaban J connectivity index is 2.19. The standard InChI is InChI=1S/C14H22N2O7/c1-8(2)10(15-13(20)21-3)11(17)16-7-14(22-4-5-23-14)6-9(16)12(18)19/h8-10H,4-7H2,1-3H3,(H,15,20)(H,18,19)/t9?,10-/m0/s1. The molecular formula is C14H22N2O7. The van der Waals surface area contributed by atoms with E-state index in [4.69, 9.17) is 9.47 Å². The average Bonchev–Trinajstić information content (AvgIpc) is 3.11. The van der Waals surface area contributed by atoms with Crippen LogP contribution in [0.25, 0.3) is 0 Å². The molecule has 1 unspecified atom stereocenters. The number of ether oxygens (including phenoxy) is 3. The quantitative estimate of drug-likeness (QED) is 0.733. The van der Waals surface area contributed by atoms with Gasteiger partial charge in [-0.25, -0.2) is 9.59 Å². The van der Waals surface area contributed by atoms with Crippen molar-refractivity contribution in [2.45, 2.75) is 38.1 Å². The van der Waals surface area contributed by atoms with Gasteiger partial charge in [0.25, 0.3) is 0 Å². The van der Waals surface area contributed by atoms with E-state index in [0.717, 1.165) is 0 Å². The normalized spacial score (nSPS) is 24.0. The number of carboxylic acids is 1. The van der Waals surface area contributed by atoms with Crippen molar-refractivity contribution in [2.75, 3.05) is 26.9 Å². The van der Waals surface area contributed by atoms with Gasteiger partial charge in [0.2, 0.25) is 5.91 Å². The highest BCUT2D eigenvalue weighted by molar-refractivity contribution is 5.90. The third-order valence-corrected chi connectivity index (χ3v) is 4.06. The molecule has 0 bridgehead atoms. The number of rotatable bonds is 4. The SMILES string of the molecule is COC(=O)N[C@H](C(=O)N1CC2(CC1C(=O)O)OCCO2)C(C)C. The van der Waals surface area contributed by atoms with Crippen LogP contribution in [0.3, 0.4) is 0 Å². The summed E-state index contributed by atoms with van der Waals surface area (Å²) in [4.78, 5) is 36.9. The molecule has 2 N–H and O–H groups in total. The Morgan fingerprint density at radius 3 is 2.39 bits per heavy atom. The number of hydrogen-bond donors (Lipinski definition) is 2. The van der Waals surface area contributed by atoms with Crippen LogP contribution in [0.2, 0.25) is 0 Å². The summed E-state index contributed by atoms with van der Waals surface area (Å²) in [7, 11) is 1.20. The predicted octanol–water partition coefficient (Wildman–Crippen LogP) is -0.204. The first kappa shape index (κ1) is 17.5. The largest absolute Gasteiger partial charge is 0.480 e. The Morgan fingerprint density at radius 1 is 1.30 bits per heavy atom. The lowest BCUT2D eigenvalue weighted by Crippen LogP contribution is -2.54. The fourth-order valence-corrected chi connectivity index (χ4v) is 2.88. The highest BCUT2D eigenvalue weighted by Crippen LogP contribution is 2.35. The Bertz CT molecular complexity index is 488. The van der Waals surface area contributed by atoms with Crippen LogP contribution in [0, 0.1) is 5.92 Å². The fourth-order valence-electron chi connectivity index (χ4n) is 2.88. The van der Waals surface area contributed by atoms with E-state index in [2.05, 4.69) is 10.1 Å². The second-order valence-corrected chi connectivity index (χ2v) is 5.99. The maximum absolute atomic E-state index is 12.8. The van der Waals surface area contributed by atoms with Crippen molar-refractivity contribution in [1.29, 1.82) is 0 Å². The first-order valence-corrected chi connectivity index (χ1v) is 7.45. The van der Waals surface area contributed by atoms with Gasteiger partial charge < -0.3 is 29.5 Å². The number of carboxylic acid groups (broad SMARTS) is 1. The molecule has 2 atom stereocenters. The van der Waals surface area contributed by atoms with E-state index < -0.39 is 35.8 Å². The van der Waals surface area contributed by atoms with Crippen LogP contribution < -0.4 is 5.32 Å². The lowest BCUT2D eigenvalue weighted by Gasteiger charge is -2.29. The molecule has 0 aromatic heterocycles. The van der Waals surface area contributed by atoms with Crippen LogP contribution in [0.1, 0.15) is 20.3 Å². The van der Waals surface area contributed by atoms with Gasteiger partial charge in [-0.05, 0) is 5.92 Å². The van der Waals surface area contributed by atoms with Gasteiger partial charge >= 0.3 is 12.1 Å². The first-order chi connectivity index (χ1) is 10.8. The van der Waals surface area contributed by atoms with Crippen LogP contribution in [-0.4, -0.2) is 72.7 Å². The molecule has 2 amide bonds. The molecule has 9 nitrogen and oxygen atoms in total. The Hall–Kier alpha value is -1.87. The fraction of sp³-hybridized carbons (Fsp3) is 0.786. The van der Waals surface area contributed by atoms with E-state index in [1.807, 2.05) is 0 Å². The molecule has 2 fully saturated rings. The lowest BCUT2D eigenvalue weighted by molar-refractivity contribution is -0.153. The lowest BCUT2D eigenvalue weighted by atomic mass is 10.0. The Morgan fingerprint density at radius 2 is 1.91 bits per heavy atom. The number of alkyl carbamates (subject to hydrolysis) is 1. The summed E-state index contributed by atoms with van der Waals surface area (Å²) in [6, 6.07) is -1.94. The molecule has 2 heterocycles. The van der Waals surface area contributed by atoms with Gasteiger partial charge in [-0.2, -0.15) is 0 Å². The van der Waals surface area contributed by atoms with E-state index in [0.29, 0.717) is 13.2 Å². The monoisotopic (exact) mass is 330 g/mol. The van der Waals surface area contributed by atoms with Gasteiger partial charge in [-0.15, -0.1) is 0 Å². The molecule has 0 aliphatic carbocycles. The molecule has 0 saturated carbocycles. The van der Waals surface area contributed by atoms with Crippen molar-refractivity contribution in [3.63, 3.8) is 0 Å². The Labute approximate surface area is 133 Å². The van der Waals surface area contributed by atoms with E-state index in [1.54, 1.807) is 13.8 Å². The molecule has 0 radical (unpaired) electrons. The topological polar surface area (TPSA) is 114 Å². The van der Waals surface area contributed by atoms with Gasteiger partial charge in [0.15, 0.2) is 5.79 Å². The van der Waals surface area contributed by atoms with E-state index in [1.165, 1.54) is 12.0 Å². The minimum atomic E-state index is -1.13. The van der Waals surface area contributed by atoms with Crippen molar-refractivity contribution in [1.82, 2.24) is 10.2 Å². The highest BCUT2D eigenvalue weighted by Gasteiger charge is 2.53. The zero-order chi connectivity index (χ0) is 17.2. The molecule has 2 rings (SSSR count). The van der Waals surface area contributed by atoms with Crippen LogP contribution >= 0.6 is 0 Å². The zero-order valence-corrected chi connectivity index (χ0v) is 13.4. The van der Waals surface area contributed by atoms with E-state index in [-0.39, 0.29) is 18.9 Å². The summed E-state index contributed by atoms with van der Waals surface area (Å²) in [5, 5.41) is 11.9. The number of amides is 2. The zero-order valence-electron chi connectivity index (χ0n) is 13.4. The molecule has 0 aromatic rings. The molecule has 1 spiro atoms. The number of likely N-dealkylation sites (tertiary alicyclic amines) is 1. The third kappa shape index (κ3) is 3.56. The van der Waals surface area contributed by atoms with Crippen LogP contribution in [0.15, 0.2) is 0 Å². The van der Waals surface area contributed by atoms with Gasteiger partial charge in [0.1, 0.15) is 12.1 Å². The van der Waals surface area contributed by atoms with Crippen molar-refractivity contribution in [2.24, 2.45) is 5.92 Å². The molecule has 130 valence electrons. The number of carbonyl (C=O) groups is 3. The average molecular weight is 330 g/mol. The number of hydrogen-bond acceptors (Lipinski definition) is 6. The number of nitrogens with zero attached hydrogens (tertiary/aromatic N) is 1. The second-order valence-electron chi connectivity index (χ2n) is 5.99. The smallest absolute Gasteiger partial charge is 0.407 e. The van der Waals surface area contributed by atoms with Gasteiger partial charge in [0, 0.05) is 6.42 Å². The molecule has 2 aliphatic heterocycles. The summed E-state index contributed by atoms with van der Waals surface area (Å²) in [5.41, 5.74) is 0. The minimum Gasteiger partial charge on any atom is -0.480 e. The van der Waals surface area contributed by atoms with Crippen molar-refractivity contribution in [3.8, 4) is 0 Å². The van der Waals surface area contributed by atoms with Crippen LogP contribution in [-0.2, 0) is 23.8 Å².